The molecule has 0 amide bonds. The van der Waals surface area contributed by atoms with Gasteiger partial charge in [-0.05, 0) is 29.3 Å². The Morgan fingerprint density at radius 3 is 2.46 bits per heavy atom. The highest BCUT2D eigenvalue weighted by Gasteiger charge is 2.12. The number of imidazole rings is 1. The standard InChI is InChI=1S/C23H18N4O/c24-13-19-8-6-18(7-9-19)12-23-14-25-17-26(23)16-22-11-10-21(15-27(22)28)20-4-2-1-3-5-20/h1-11,14-15,17H,12,16H2. The SMILES string of the molecule is N#Cc1ccc(Cc2cncn2Cc2ccc(-c3ccccc3)c[n+]2[O-])cc1. The van der Waals surface area contributed by atoms with Crippen LogP contribution in [0.1, 0.15) is 22.5 Å². The zero-order chi connectivity index (χ0) is 19.3. The lowest BCUT2D eigenvalue weighted by molar-refractivity contribution is -0.613. The maximum Gasteiger partial charge on any atom is 0.212 e. The van der Waals surface area contributed by atoms with Gasteiger partial charge in [-0.3, -0.25) is 0 Å². The van der Waals surface area contributed by atoms with Crippen LogP contribution >= 0.6 is 0 Å². The van der Waals surface area contributed by atoms with E-state index in [4.69, 9.17) is 5.26 Å². The Hall–Kier alpha value is -3.91. The van der Waals surface area contributed by atoms with Crippen molar-refractivity contribution in [1.29, 1.82) is 5.26 Å². The fourth-order valence-electron chi connectivity index (χ4n) is 3.15. The van der Waals surface area contributed by atoms with Crippen molar-refractivity contribution >= 4 is 0 Å². The molecule has 0 aliphatic rings. The summed E-state index contributed by atoms with van der Waals surface area (Å²) in [5.74, 6) is 0. The Kier molecular flexibility index (Phi) is 4.85. The predicted molar refractivity (Wildman–Crippen MR) is 106 cm³/mol. The van der Waals surface area contributed by atoms with E-state index in [0.717, 1.165) is 27.1 Å². The van der Waals surface area contributed by atoms with Gasteiger partial charge >= 0.3 is 0 Å². The molecule has 5 nitrogen and oxygen atoms in total. The molecule has 0 spiro atoms. The largest absolute Gasteiger partial charge is 0.618 e. The molecule has 2 aromatic heterocycles. The van der Waals surface area contributed by atoms with Crippen LogP contribution in [0.5, 0.6) is 0 Å². The van der Waals surface area contributed by atoms with Crippen molar-refractivity contribution in [2.24, 2.45) is 0 Å². The summed E-state index contributed by atoms with van der Waals surface area (Å²) in [7, 11) is 0. The van der Waals surface area contributed by atoms with E-state index in [0.29, 0.717) is 24.2 Å². The molecule has 0 saturated carbocycles. The molecule has 2 aromatic carbocycles. The Balaban J connectivity index is 1.54. The van der Waals surface area contributed by atoms with Crippen molar-refractivity contribution in [3.63, 3.8) is 0 Å². The fourth-order valence-corrected chi connectivity index (χ4v) is 3.15. The highest BCUT2D eigenvalue weighted by atomic mass is 16.5. The number of hydrogen-bond acceptors (Lipinski definition) is 3. The van der Waals surface area contributed by atoms with Gasteiger partial charge in [-0.2, -0.15) is 9.99 Å². The number of pyridine rings is 1. The molecule has 0 N–H and O–H groups in total. The Morgan fingerprint density at radius 2 is 1.75 bits per heavy atom. The van der Waals surface area contributed by atoms with Gasteiger partial charge < -0.3 is 9.77 Å². The summed E-state index contributed by atoms with van der Waals surface area (Å²) in [6, 6.07) is 23.3. The summed E-state index contributed by atoms with van der Waals surface area (Å²) in [6.45, 7) is 0.449. The maximum atomic E-state index is 12.5. The number of benzene rings is 2. The van der Waals surface area contributed by atoms with Gasteiger partial charge in [-0.25, -0.2) is 4.98 Å². The van der Waals surface area contributed by atoms with Crippen LogP contribution in [0.4, 0.5) is 0 Å². The topological polar surface area (TPSA) is 68.5 Å². The Bertz CT molecular complexity index is 1130. The second-order valence-corrected chi connectivity index (χ2v) is 6.60. The van der Waals surface area contributed by atoms with Crippen LogP contribution in [0.2, 0.25) is 0 Å². The first-order valence-corrected chi connectivity index (χ1v) is 8.98. The molecule has 136 valence electrons. The summed E-state index contributed by atoms with van der Waals surface area (Å²) in [6.07, 6.45) is 5.85. The van der Waals surface area contributed by atoms with Crippen LogP contribution in [-0.2, 0) is 13.0 Å². The molecule has 0 aliphatic heterocycles. The first-order valence-electron chi connectivity index (χ1n) is 8.98. The number of nitrogens with zero attached hydrogens (tertiary/aromatic N) is 4. The molecule has 0 atom stereocenters. The summed E-state index contributed by atoms with van der Waals surface area (Å²) in [5, 5.41) is 21.4. The minimum absolute atomic E-state index is 0.449. The van der Waals surface area contributed by atoms with Crippen LogP contribution in [0.3, 0.4) is 0 Å². The summed E-state index contributed by atoms with van der Waals surface area (Å²) in [5.41, 5.74) is 5.31. The van der Waals surface area contributed by atoms with Crippen molar-refractivity contribution in [2.45, 2.75) is 13.0 Å². The molecular weight excluding hydrogens is 348 g/mol. The van der Waals surface area contributed by atoms with E-state index in [1.807, 2.05) is 77.5 Å². The van der Waals surface area contributed by atoms with Gasteiger partial charge in [-0.15, -0.1) is 0 Å². The first-order chi connectivity index (χ1) is 13.7. The van der Waals surface area contributed by atoms with Crippen LogP contribution < -0.4 is 4.73 Å². The van der Waals surface area contributed by atoms with Gasteiger partial charge in [-0.1, -0.05) is 42.5 Å². The van der Waals surface area contributed by atoms with E-state index in [9.17, 15) is 5.21 Å². The van der Waals surface area contributed by atoms with E-state index in [1.165, 1.54) is 0 Å². The first kappa shape index (κ1) is 17.5. The third kappa shape index (κ3) is 3.76. The van der Waals surface area contributed by atoms with Crippen LogP contribution in [-0.4, -0.2) is 9.55 Å². The maximum absolute atomic E-state index is 12.5. The van der Waals surface area contributed by atoms with Gasteiger partial charge in [0.15, 0.2) is 6.20 Å². The minimum atomic E-state index is 0.449. The van der Waals surface area contributed by atoms with Crippen molar-refractivity contribution < 1.29 is 4.73 Å². The number of rotatable bonds is 5. The molecule has 0 unspecified atom stereocenters. The second-order valence-electron chi connectivity index (χ2n) is 6.60. The van der Waals surface area contributed by atoms with Crippen LogP contribution in [0.15, 0.2) is 85.5 Å². The number of aromatic nitrogens is 3. The lowest BCUT2D eigenvalue weighted by Gasteiger charge is -2.10. The van der Waals surface area contributed by atoms with Crippen molar-refractivity contribution in [3.8, 4) is 17.2 Å². The van der Waals surface area contributed by atoms with Gasteiger partial charge in [0, 0.05) is 29.9 Å². The second kappa shape index (κ2) is 7.77. The Labute approximate surface area is 163 Å². The van der Waals surface area contributed by atoms with Gasteiger partial charge in [0.05, 0.1) is 18.0 Å². The average molecular weight is 366 g/mol. The number of hydrogen-bond donors (Lipinski definition) is 0. The summed E-state index contributed by atoms with van der Waals surface area (Å²) < 4.78 is 2.90. The Morgan fingerprint density at radius 1 is 0.964 bits per heavy atom. The van der Waals surface area contributed by atoms with Crippen molar-refractivity contribution in [3.05, 3.63) is 113 Å². The van der Waals surface area contributed by atoms with Crippen LogP contribution in [0.25, 0.3) is 11.1 Å². The fraction of sp³-hybridized carbons (Fsp3) is 0.0870. The molecule has 0 fully saturated rings. The van der Waals surface area contributed by atoms with Gasteiger partial charge in [0.25, 0.3) is 0 Å². The molecule has 28 heavy (non-hydrogen) atoms. The molecule has 2 heterocycles. The minimum Gasteiger partial charge on any atom is -0.618 e. The smallest absolute Gasteiger partial charge is 0.212 e. The summed E-state index contributed by atoms with van der Waals surface area (Å²) >= 11 is 0. The monoisotopic (exact) mass is 366 g/mol. The number of nitriles is 1. The average Bonchev–Trinajstić information content (AvgIpc) is 3.17. The van der Waals surface area contributed by atoms with Crippen LogP contribution in [0, 0.1) is 16.5 Å². The molecule has 0 aliphatic carbocycles. The van der Waals surface area contributed by atoms with Crippen molar-refractivity contribution in [1.82, 2.24) is 9.55 Å². The molecule has 0 bridgehead atoms. The van der Waals surface area contributed by atoms with E-state index in [-0.39, 0.29) is 0 Å². The van der Waals surface area contributed by atoms with Gasteiger partial charge in [0.2, 0.25) is 5.69 Å². The van der Waals surface area contributed by atoms with E-state index >= 15 is 0 Å². The molecule has 4 rings (SSSR count). The highest BCUT2D eigenvalue weighted by Crippen LogP contribution is 2.18. The van der Waals surface area contributed by atoms with E-state index in [2.05, 4.69) is 11.1 Å². The zero-order valence-electron chi connectivity index (χ0n) is 15.2. The quantitative estimate of drug-likeness (QED) is 0.399. The highest BCUT2D eigenvalue weighted by molar-refractivity contribution is 5.61. The molecule has 4 aromatic rings. The molecule has 0 radical (unpaired) electrons. The zero-order valence-corrected chi connectivity index (χ0v) is 15.2. The predicted octanol–water partition coefficient (Wildman–Crippen LogP) is 3.69. The van der Waals surface area contributed by atoms with Crippen molar-refractivity contribution in [2.75, 3.05) is 0 Å². The van der Waals surface area contributed by atoms with Gasteiger partial charge in [0.1, 0.15) is 6.54 Å². The molecule has 5 heteroatoms. The third-order valence-corrected chi connectivity index (χ3v) is 4.70. The third-order valence-electron chi connectivity index (χ3n) is 4.70. The normalized spacial score (nSPS) is 10.5. The molecular formula is C23H18N4O. The van der Waals surface area contributed by atoms with E-state index in [1.54, 1.807) is 12.5 Å². The lowest BCUT2D eigenvalue weighted by atomic mass is 10.1. The van der Waals surface area contributed by atoms with E-state index < -0.39 is 0 Å². The molecule has 0 saturated heterocycles. The lowest BCUT2D eigenvalue weighted by Crippen LogP contribution is -2.32. The summed E-state index contributed by atoms with van der Waals surface area (Å²) in [4.78, 5) is 4.24.